The van der Waals surface area contributed by atoms with Gasteiger partial charge in [0.1, 0.15) is 0 Å². The van der Waals surface area contributed by atoms with Gasteiger partial charge in [0, 0.05) is 18.0 Å². The van der Waals surface area contributed by atoms with Gasteiger partial charge >= 0.3 is 0 Å². The fourth-order valence-corrected chi connectivity index (χ4v) is 2.12. The van der Waals surface area contributed by atoms with E-state index >= 15 is 0 Å². The van der Waals surface area contributed by atoms with E-state index in [1.54, 1.807) is 6.20 Å². The first-order valence-corrected chi connectivity index (χ1v) is 8.23. The summed E-state index contributed by atoms with van der Waals surface area (Å²) >= 11 is 0. The van der Waals surface area contributed by atoms with Crippen LogP contribution in [0.4, 0.5) is 0 Å². The molecule has 1 rings (SSSR count). The predicted octanol–water partition coefficient (Wildman–Crippen LogP) is 4.34. The van der Waals surface area contributed by atoms with Gasteiger partial charge in [-0.25, -0.2) is 0 Å². The minimum Gasteiger partial charge on any atom is -0.404 e. The molecule has 0 radical (unpaired) electrons. The minimum atomic E-state index is 0.879. The molecule has 23 heavy (non-hydrogen) atoms. The molecule has 1 aromatic carbocycles. The first-order valence-electron chi connectivity index (χ1n) is 8.23. The molecule has 0 amide bonds. The van der Waals surface area contributed by atoms with Crippen LogP contribution in [0, 0.1) is 0 Å². The average Bonchev–Trinajstić information content (AvgIpc) is 2.59. The number of benzene rings is 1. The lowest BCUT2D eigenvalue weighted by molar-refractivity contribution is 0.688. The van der Waals surface area contributed by atoms with Crippen LogP contribution in [-0.4, -0.2) is 12.3 Å². The Balaban J connectivity index is 2.41. The lowest BCUT2D eigenvalue weighted by atomic mass is 10.1. The third-order valence-electron chi connectivity index (χ3n) is 3.53. The van der Waals surface area contributed by atoms with Crippen molar-refractivity contribution < 1.29 is 0 Å². The van der Waals surface area contributed by atoms with Crippen LogP contribution in [0.25, 0.3) is 0 Å². The lowest BCUT2D eigenvalue weighted by Gasteiger charge is -2.05. The number of allylic oxidation sites excluding steroid dienone is 4. The zero-order chi connectivity index (χ0) is 16.9. The SMILES string of the molecule is C\C=C(CC)/N=C(C)/C=C\C(=C/N)CCNCc1ccccc1. The van der Waals surface area contributed by atoms with Crippen LogP contribution < -0.4 is 11.1 Å². The maximum absolute atomic E-state index is 5.71. The second-order valence-corrected chi connectivity index (χ2v) is 5.37. The molecule has 0 bridgehead atoms. The predicted molar refractivity (Wildman–Crippen MR) is 101 cm³/mol. The number of nitrogens with two attached hydrogens (primary N) is 1. The van der Waals surface area contributed by atoms with Gasteiger partial charge in [-0.05, 0) is 56.6 Å². The summed E-state index contributed by atoms with van der Waals surface area (Å²) in [5, 5.41) is 3.43. The molecule has 0 unspecified atom stereocenters. The Morgan fingerprint density at radius 1 is 1.22 bits per heavy atom. The van der Waals surface area contributed by atoms with E-state index in [0.717, 1.165) is 42.9 Å². The van der Waals surface area contributed by atoms with Crippen LogP contribution in [0.5, 0.6) is 0 Å². The van der Waals surface area contributed by atoms with Gasteiger partial charge in [0.25, 0.3) is 0 Å². The van der Waals surface area contributed by atoms with E-state index in [1.165, 1.54) is 5.56 Å². The van der Waals surface area contributed by atoms with Crippen LogP contribution in [0.1, 0.15) is 39.2 Å². The van der Waals surface area contributed by atoms with Crippen molar-refractivity contribution in [2.24, 2.45) is 10.7 Å². The molecule has 3 heteroatoms. The first-order chi connectivity index (χ1) is 11.2. The zero-order valence-electron chi connectivity index (χ0n) is 14.5. The molecular weight excluding hydrogens is 282 g/mol. The highest BCUT2D eigenvalue weighted by molar-refractivity contribution is 5.93. The van der Waals surface area contributed by atoms with Gasteiger partial charge in [-0.2, -0.15) is 0 Å². The summed E-state index contributed by atoms with van der Waals surface area (Å²) < 4.78 is 0. The van der Waals surface area contributed by atoms with Crippen LogP contribution in [0.3, 0.4) is 0 Å². The lowest BCUT2D eigenvalue weighted by Crippen LogP contribution is -2.15. The van der Waals surface area contributed by atoms with Crippen LogP contribution in [0.15, 0.2) is 71.0 Å². The van der Waals surface area contributed by atoms with E-state index in [2.05, 4.69) is 41.5 Å². The Bertz CT molecular complexity index is 566. The highest BCUT2D eigenvalue weighted by Crippen LogP contribution is 2.05. The molecule has 3 N–H and O–H groups in total. The molecule has 0 heterocycles. The molecule has 0 aliphatic rings. The molecule has 0 saturated heterocycles. The standard InChI is InChI=1S/C20H29N3/c1-4-20(5-2)23-17(3)11-12-18(15-21)13-14-22-16-19-9-7-6-8-10-19/h4,6-12,15,22H,5,13-14,16,21H2,1-3H3/b12-11-,18-15+,20-4-,23-17+. The maximum Gasteiger partial charge on any atom is 0.0375 e. The van der Waals surface area contributed by atoms with Crippen molar-refractivity contribution in [3.05, 3.63) is 71.6 Å². The van der Waals surface area contributed by atoms with Crippen molar-refractivity contribution in [2.75, 3.05) is 6.54 Å². The molecule has 0 spiro atoms. The van der Waals surface area contributed by atoms with Crippen molar-refractivity contribution in [2.45, 2.75) is 40.2 Å². The Hall–Kier alpha value is -2.13. The number of hydrogen-bond donors (Lipinski definition) is 2. The highest BCUT2D eigenvalue weighted by Gasteiger charge is 1.95. The zero-order valence-corrected chi connectivity index (χ0v) is 14.5. The number of nitrogens with zero attached hydrogens (tertiary/aromatic N) is 1. The molecular formula is C20H29N3. The van der Waals surface area contributed by atoms with Gasteiger partial charge in [0.2, 0.25) is 0 Å². The fourth-order valence-electron chi connectivity index (χ4n) is 2.12. The van der Waals surface area contributed by atoms with E-state index in [1.807, 2.05) is 38.1 Å². The van der Waals surface area contributed by atoms with Crippen molar-refractivity contribution in [1.82, 2.24) is 5.32 Å². The molecule has 124 valence electrons. The van der Waals surface area contributed by atoms with Crippen LogP contribution >= 0.6 is 0 Å². The highest BCUT2D eigenvalue weighted by atomic mass is 14.8. The molecule has 0 saturated carbocycles. The quantitative estimate of drug-likeness (QED) is 0.405. The van der Waals surface area contributed by atoms with Crippen LogP contribution in [0.2, 0.25) is 0 Å². The normalized spacial score (nSPS) is 13.8. The maximum atomic E-state index is 5.71. The number of aliphatic imine (C=N–C) groups is 1. The van der Waals surface area contributed by atoms with E-state index in [9.17, 15) is 0 Å². The number of rotatable bonds is 9. The smallest absolute Gasteiger partial charge is 0.0375 e. The van der Waals surface area contributed by atoms with Gasteiger partial charge in [0.15, 0.2) is 0 Å². The summed E-state index contributed by atoms with van der Waals surface area (Å²) in [5.41, 5.74) is 10.2. The van der Waals surface area contributed by atoms with Gasteiger partial charge in [-0.3, -0.25) is 4.99 Å². The van der Waals surface area contributed by atoms with E-state index < -0.39 is 0 Å². The molecule has 0 aromatic heterocycles. The Labute approximate surface area is 140 Å². The largest absolute Gasteiger partial charge is 0.404 e. The fraction of sp³-hybridized carbons (Fsp3) is 0.350. The summed E-state index contributed by atoms with van der Waals surface area (Å²) in [5.74, 6) is 0. The molecule has 0 aliphatic heterocycles. The van der Waals surface area contributed by atoms with Gasteiger partial charge in [-0.1, -0.05) is 49.4 Å². The Morgan fingerprint density at radius 3 is 2.57 bits per heavy atom. The van der Waals surface area contributed by atoms with E-state index in [4.69, 9.17) is 5.73 Å². The molecule has 1 aromatic rings. The third kappa shape index (κ3) is 8.17. The van der Waals surface area contributed by atoms with E-state index in [0.29, 0.717) is 0 Å². The topological polar surface area (TPSA) is 50.4 Å². The monoisotopic (exact) mass is 311 g/mol. The molecule has 0 aliphatic carbocycles. The Morgan fingerprint density at radius 2 is 1.96 bits per heavy atom. The van der Waals surface area contributed by atoms with Crippen molar-refractivity contribution in [1.29, 1.82) is 0 Å². The minimum absolute atomic E-state index is 0.879. The average molecular weight is 311 g/mol. The third-order valence-corrected chi connectivity index (χ3v) is 3.53. The second-order valence-electron chi connectivity index (χ2n) is 5.37. The summed E-state index contributed by atoms with van der Waals surface area (Å²) in [6.07, 6.45) is 9.64. The summed E-state index contributed by atoms with van der Waals surface area (Å²) in [7, 11) is 0. The van der Waals surface area contributed by atoms with E-state index in [-0.39, 0.29) is 0 Å². The van der Waals surface area contributed by atoms with Gasteiger partial charge in [-0.15, -0.1) is 0 Å². The van der Waals surface area contributed by atoms with Crippen molar-refractivity contribution in [3.8, 4) is 0 Å². The van der Waals surface area contributed by atoms with Gasteiger partial charge in [0.05, 0.1) is 0 Å². The first kappa shape index (κ1) is 18.9. The van der Waals surface area contributed by atoms with Crippen molar-refractivity contribution >= 4 is 5.71 Å². The van der Waals surface area contributed by atoms with Crippen molar-refractivity contribution in [3.63, 3.8) is 0 Å². The Kier molecular flexibility index (Phi) is 9.41. The summed E-state index contributed by atoms with van der Waals surface area (Å²) in [6, 6.07) is 10.4. The summed E-state index contributed by atoms with van der Waals surface area (Å²) in [6.45, 7) is 7.91. The molecule has 0 atom stereocenters. The number of nitrogens with one attached hydrogen (secondary N) is 1. The summed E-state index contributed by atoms with van der Waals surface area (Å²) in [4.78, 5) is 4.56. The van der Waals surface area contributed by atoms with Gasteiger partial charge < -0.3 is 11.1 Å². The molecule has 3 nitrogen and oxygen atoms in total. The second kappa shape index (κ2) is 11.4. The molecule has 0 fully saturated rings. The van der Waals surface area contributed by atoms with Crippen LogP contribution in [-0.2, 0) is 6.54 Å². The number of hydrogen-bond acceptors (Lipinski definition) is 3.